The minimum absolute atomic E-state index is 0.0811. The van der Waals surface area contributed by atoms with Crippen molar-refractivity contribution in [2.75, 3.05) is 6.54 Å². The van der Waals surface area contributed by atoms with Crippen LogP contribution in [0.2, 0.25) is 0 Å². The molecule has 0 aliphatic rings. The predicted octanol–water partition coefficient (Wildman–Crippen LogP) is 1.34. The van der Waals surface area contributed by atoms with Gasteiger partial charge in [0.25, 0.3) is 0 Å². The number of nitrogens with one attached hydrogen (secondary N) is 1. The molecule has 2 heterocycles. The molecule has 0 unspecified atom stereocenters. The molecule has 2 aromatic heterocycles. The van der Waals surface area contributed by atoms with Crippen LogP contribution in [-0.2, 0) is 11.3 Å². The molecule has 0 aromatic carbocycles. The highest BCUT2D eigenvalue weighted by atomic mass is 32.1. The Balaban J connectivity index is 2.14. The molecule has 1 amide bonds. The third-order valence-electron chi connectivity index (χ3n) is 2.44. The number of aromatic nitrogens is 2. The first kappa shape index (κ1) is 13.5. The summed E-state index contributed by atoms with van der Waals surface area (Å²) in [4.78, 5) is 24.1. The van der Waals surface area contributed by atoms with Gasteiger partial charge < -0.3 is 5.32 Å². The molecule has 7 heteroatoms. The van der Waals surface area contributed by atoms with Gasteiger partial charge in [-0.3, -0.25) is 9.32 Å². The monoisotopic (exact) mass is 281 g/mol. The van der Waals surface area contributed by atoms with E-state index in [-0.39, 0.29) is 12.5 Å². The van der Waals surface area contributed by atoms with Crippen molar-refractivity contribution in [3.63, 3.8) is 0 Å². The fraction of sp³-hybridized carbons (Fsp3) is 0.417. The van der Waals surface area contributed by atoms with Crippen molar-refractivity contribution in [3.8, 4) is 10.7 Å². The summed E-state index contributed by atoms with van der Waals surface area (Å²) in [6.07, 6.45) is 0. The SMILES string of the molecule is CC(C)CNC(=O)Cn1c(-c2cccs2)noc1=O. The summed E-state index contributed by atoms with van der Waals surface area (Å²) in [5, 5.41) is 8.34. The van der Waals surface area contributed by atoms with Crippen LogP contribution in [0.15, 0.2) is 26.8 Å². The van der Waals surface area contributed by atoms with Crippen molar-refractivity contribution in [1.29, 1.82) is 0 Å². The Hall–Kier alpha value is -1.89. The number of carbonyl (C=O) groups is 1. The summed E-state index contributed by atoms with van der Waals surface area (Å²) in [5.41, 5.74) is 0. The minimum Gasteiger partial charge on any atom is -0.354 e. The summed E-state index contributed by atoms with van der Waals surface area (Å²) in [6, 6.07) is 3.67. The van der Waals surface area contributed by atoms with E-state index in [9.17, 15) is 9.59 Å². The molecule has 19 heavy (non-hydrogen) atoms. The quantitative estimate of drug-likeness (QED) is 0.897. The molecule has 2 rings (SSSR count). The van der Waals surface area contributed by atoms with E-state index in [1.807, 2.05) is 31.4 Å². The summed E-state index contributed by atoms with van der Waals surface area (Å²) < 4.78 is 5.87. The number of amides is 1. The molecule has 0 spiro atoms. The number of rotatable bonds is 5. The van der Waals surface area contributed by atoms with Gasteiger partial charge in [0.2, 0.25) is 5.91 Å². The molecular weight excluding hydrogens is 266 g/mol. The average molecular weight is 281 g/mol. The van der Waals surface area contributed by atoms with Gasteiger partial charge in [-0.2, -0.15) is 0 Å². The zero-order valence-electron chi connectivity index (χ0n) is 10.8. The molecule has 0 aliphatic carbocycles. The standard InChI is InChI=1S/C12H15N3O3S/c1-8(2)6-13-10(16)7-15-11(14-18-12(15)17)9-4-3-5-19-9/h3-5,8H,6-7H2,1-2H3,(H,13,16). The van der Waals surface area contributed by atoms with Gasteiger partial charge in [-0.1, -0.05) is 25.1 Å². The molecule has 0 aliphatic heterocycles. The maximum atomic E-state index is 11.8. The third-order valence-corrected chi connectivity index (χ3v) is 3.30. The van der Waals surface area contributed by atoms with Crippen LogP contribution in [0.4, 0.5) is 0 Å². The van der Waals surface area contributed by atoms with Gasteiger partial charge in [0.1, 0.15) is 6.54 Å². The van der Waals surface area contributed by atoms with E-state index in [0.717, 1.165) is 4.88 Å². The van der Waals surface area contributed by atoms with Gasteiger partial charge in [0.05, 0.1) is 4.88 Å². The predicted molar refractivity (Wildman–Crippen MR) is 71.9 cm³/mol. The first-order valence-electron chi connectivity index (χ1n) is 5.95. The summed E-state index contributed by atoms with van der Waals surface area (Å²) in [7, 11) is 0. The van der Waals surface area contributed by atoms with Crippen molar-refractivity contribution in [2.24, 2.45) is 5.92 Å². The van der Waals surface area contributed by atoms with E-state index in [1.54, 1.807) is 0 Å². The second-order valence-corrected chi connectivity index (χ2v) is 5.48. The summed E-state index contributed by atoms with van der Waals surface area (Å²) in [5.74, 6) is -0.0977. The number of carbonyl (C=O) groups excluding carboxylic acids is 1. The zero-order chi connectivity index (χ0) is 13.8. The van der Waals surface area contributed by atoms with Crippen LogP contribution in [0, 0.1) is 5.92 Å². The van der Waals surface area contributed by atoms with Gasteiger partial charge in [-0.15, -0.1) is 11.3 Å². The maximum absolute atomic E-state index is 11.8. The lowest BCUT2D eigenvalue weighted by Gasteiger charge is -2.07. The van der Waals surface area contributed by atoms with Gasteiger partial charge in [-0.25, -0.2) is 9.36 Å². The smallest absolute Gasteiger partial charge is 0.354 e. The van der Waals surface area contributed by atoms with Crippen molar-refractivity contribution in [1.82, 2.24) is 15.0 Å². The highest BCUT2D eigenvalue weighted by Crippen LogP contribution is 2.21. The summed E-state index contributed by atoms with van der Waals surface area (Å²) >= 11 is 1.43. The van der Waals surface area contributed by atoms with Crippen LogP contribution < -0.4 is 11.1 Å². The molecule has 0 radical (unpaired) electrons. The average Bonchev–Trinajstić information content (AvgIpc) is 2.98. The molecule has 0 atom stereocenters. The van der Waals surface area contributed by atoms with E-state index in [1.165, 1.54) is 15.9 Å². The lowest BCUT2D eigenvalue weighted by Crippen LogP contribution is -2.33. The Morgan fingerprint density at radius 2 is 2.37 bits per heavy atom. The van der Waals surface area contributed by atoms with Gasteiger partial charge in [-0.05, 0) is 17.4 Å². The van der Waals surface area contributed by atoms with Gasteiger partial charge in [0, 0.05) is 6.54 Å². The van der Waals surface area contributed by atoms with Gasteiger partial charge in [0.15, 0.2) is 5.82 Å². The van der Waals surface area contributed by atoms with Crippen LogP contribution in [0.5, 0.6) is 0 Å². The van der Waals surface area contributed by atoms with E-state index >= 15 is 0 Å². The maximum Gasteiger partial charge on any atom is 0.442 e. The van der Waals surface area contributed by atoms with Gasteiger partial charge >= 0.3 is 5.76 Å². The van der Waals surface area contributed by atoms with E-state index in [2.05, 4.69) is 15.0 Å². The topological polar surface area (TPSA) is 77.1 Å². The molecule has 2 aromatic rings. The van der Waals surface area contributed by atoms with Crippen molar-refractivity contribution in [2.45, 2.75) is 20.4 Å². The summed E-state index contributed by atoms with van der Waals surface area (Å²) in [6.45, 7) is 4.50. The lowest BCUT2D eigenvalue weighted by molar-refractivity contribution is -0.121. The largest absolute Gasteiger partial charge is 0.442 e. The number of nitrogens with zero attached hydrogens (tertiary/aromatic N) is 2. The van der Waals surface area contributed by atoms with Crippen LogP contribution in [0.3, 0.4) is 0 Å². The van der Waals surface area contributed by atoms with Crippen molar-refractivity contribution in [3.05, 3.63) is 28.1 Å². The Kier molecular flexibility index (Phi) is 4.16. The molecule has 0 bridgehead atoms. The van der Waals surface area contributed by atoms with Crippen LogP contribution in [-0.4, -0.2) is 22.2 Å². The number of hydrogen-bond donors (Lipinski definition) is 1. The molecule has 0 saturated carbocycles. The lowest BCUT2D eigenvalue weighted by atomic mass is 10.2. The fourth-order valence-corrected chi connectivity index (χ4v) is 2.22. The van der Waals surface area contributed by atoms with E-state index in [0.29, 0.717) is 18.3 Å². The Bertz CT molecular complexity index is 598. The van der Waals surface area contributed by atoms with Crippen LogP contribution >= 0.6 is 11.3 Å². The molecule has 1 N–H and O–H groups in total. The van der Waals surface area contributed by atoms with E-state index < -0.39 is 5.76 Å². The van der Waals surface area contributed by atoms with Crippen LogP contribution in [0.25, 0.3) is 10.7 Å². The molecular formula is C12H15N3O3S. The molecule has 6 nitrogen and oxygen atoms in total. The normalized spacial score (nSPS) is 10.9. The zero-order valence-corrected chi connectivity index (χ0v) is 11.6. The first-order valence-corrected chi connectivity index (χ1v) is 6.83. The minimum atomic E-state index is -0.622. The Morgan fingerprint density at radius 3 is 3.00 bits per heavy atom. The Labute approximate surface area is 114 Å². The number of thiophene rings is 1. The third kappa shape index (κ3) is 3.31. The first-order chi connectivity index (χ1) is 9.08. The van der Waals surface area contributed by atoms with Crippen molar-refractivity contribution >= 4 is 17.2 Å². The molecule has 102 valence electrons. The van der Waals surface area contributed by atoms with E-state index in [4.69, 9.17) is 0 Å². The second kappa shape index (κ2) is 5.83. The highest BCUT2D eigenvalue weighted by molar-refractivity contribution is 7.13. The molecule has 0 fully saturated rings. The highest BCUT2D eigenvalue weighted by Gasteiger charge is 2.16. The Morgan fingerprint density at radius 1 is 1.58 bits per heavy atom. The second-order valence-electron chi connectivity index (χ2n) is 4.53. The van der Waals surface area contributed by atoms with Crippen molar-refractivity contribution < 1.29 is 9.32 Å². The van der Waals surface area contributed by atoms with Crippen LogP contribution in [0.1, 0.15) is 13.8 Å². The fourth-order valence-electron chi connectivity index (χ4n) is 1.51. The number of hydrogen-bond acceptors (Lipinski definition) is 5. The molecule has 0 saturated heterocycles.